The van der Waals surface area contributed by atoms with Crippen molar-refractivity contribution in [1.29, 1.82) is 0 Å². The third kappa shape index (κ3) is 5.56. The smallest absolute Gasteiger partial charge is 0.230 e. The molecule has 110 valence electrons. The van der Waals surface area contributed by atoms with Crippen LogP contribution in [0.5, 0.6) is 0 Å². The van der Waals surface area contributed by atoms with Gasteiger partial charge in [0.25, 0.3) is 0 Å². The number of amides is 1. The molecule has 0 spiro atoms. The Balaban J connectivity index is 1.75. The summed E-state index contributed by atoms with van der Waals surface area (Å²) < 4.78 is 1.07. The minimum absolute atomic E-state index is 0.0465. The Kier molecular flexibility index (Phi) is 6.33. The molecule has 0 aliphatic heterocycles. The lowest BCUT2D eigenvalue weighted by atomic mass is 10.1. The van der Waals surface area contributed by atoms with Gasteiger partial charge in [-0.2, -0.15) is 0 Å². The summed E-state index contributed by atoms with van der Waals surface area (Å²) in [5.41, 5.74) is 2.35. The Labute approximate surface area is 138 Å². The zero-order valence-corrected chi connectivity index (χ0v) is 14.3. The van der Waals surface area contributed by atoms with Crippen molar-refractivity contribution in [3.63, 3.8) is 0 Å². The van der Waals surface area contributed by atoms with Crippen LogP contribution in [0.15, 0.2) is 59.1 Å². The predicted molar refractivity (Wildman–Crippen MR) is 93.3 cm³/mol. The molecule has 1 amide bonds. The maximum atomic E-state index is 11.9. The molecule has 0 bridgehead atoms. The normalized spacial score (nSPS) is 11.9. The molecule has 21 heavy (non-hydrogen) atoms. The van der Waals surface area contributed by atoms with Crippen LogP contribution in [0.25, 0.3) is 0 Å². The zero-order valence-electron chi connectivity index (χ0n) is 11.9. The number of rotatable bonds is 6. The van der Waals surface area contributed by atoms with Gasteiger partial charge in [-0.3, -0.25) is 4.79 Å². The summed E-state index contributed by atoms with van der Waals surface area (Å²) in [4.78, 5) is 11.9. The molecular formula is C17H18BrNOS. The number of carbonyl (C=O) groups excluding carboxylic acids is 1. The first-order valence-corrected chi connectivity index (χ1v) is 8.76. The number of benzene rings is 2. The fraction of sp³-hybridized carbons (Fsp3) is 0.235. The number of hydrogen-bond donors (Lipinski definition) is 1. The van der Waals surface area contributed by atoms with E-state index in [0.717, 1.165) is 15.8 Å². The lowest BCUT2D eigenvalue weighted by molar-refractivity contribution is -0.119. The highest BCUT2D eigenvalue weighted by molar-refractivity contribution is 9.10. The van der Waals surface area contributed by atoms with Gasteiger partial charge in [-0.1, -0.05) is 58.4 Å². The number of thioether (sulfide) groups is 1. The second-order valence-electron chi connectivity index (χ2n) is 4.82. The van der Waals surface area contributed by atoms with Crippen LogP contribution in [-0.4, -0.2) is 11.7 Å². The molecule has 4 heteroatoms. The van der Waals surface area contributed by atoms with Gasteiger partial charge in [0, 0.05) is 10.2 Å². The number of hydrogen-bond acceptors (Lipinski definition) is 2. The number of nitrogens with one attached hydrogen (secondary N) is 1. The van der Waals surface area contributed by atoms with Crippen molar-refractivity contribution in [1.82, 2.24) is 5.32 Å². The molecule has 0 unspecified atom stereocenters. The van der Waals surface area contributed by atoms with Gasteiger partial charge in [-0.15, -0.1) is 11.8 Å². The van der Waals surface area contributed by atoms with Gasteiger partial charge in [0.15, 0.2) is 0 Å². The van der Waals surface area contributed by atoms with Gasteiger partial charge in [0.2, 0.25) is 5.91 Å². The van der Waals surface area contributed by atoms with E-state index in [2.05, 4.69) is 33.4 Å². The maximum absolute atomic E-state index is 11.9. The Hall–Kier alpha value is -1.26. The fourth-order valence-corrected chi connectivity index (χ4v) is 3.23. The van der Waals surface area contributed by atoms with Crippen LogP contribution in [0.3, 0.4) is 0 Å². The summed E-state index contributed by atoms with van der Waals surface area (Å²) in [6.45, 7) is 2.01. The first-order chi connectivity index (χ1) is 10.1. The largest absolute Gasteiger partial charge is 0.349 e. The van der Waals surface area contributed by atoms with E-state index in [0.29, 0.717) is 5.75 Å². The third-order valence-electron chi connectivity index (χ3n) is 3.07. The SMILES string of the molecule is C[C@H](NC(=O)CSCc1cccc(Br)c1)c1ccccc1. The maximum Gasteiger partial charge on any atom is 0.230 e. The third-order valence-corrected chi connectivity index (χ3v) is 4.57. The van der Waals surface area contributed by atoms with Crippen molar-refractivity contribution in [2.45, 2.75) is 18.7 Å². The summed E-state index contributed by atoms with van der Waals surface area (Å²) >= 11 is 5.08. The van der Waals surface area contributed by atoms with Gasteiger partial charge in [0.05, 0.1) is 11.8 Å². The zero-order chi connectivity index (χ0) is 15.1. The summed E-state index contributed by atoms with van der Waals surface area (Å²) in [5, 5.41) is 3.02. The molecule has 0 aliphatic carbocycles. The molecule has 1 N–H and O–H groups in total. The van der Waals surface area contributed by atoms with Gasteiger partial charge in [-0.25, -0.2) is 0 Å². The van der Waals surface area contributed by atoms with Crippen LogP contribution in [0.4, 0.5) is 0 Å². The second-order valence-corrected chi connectivity index (χ2v) is 6.72. The molecule has 2 nitrogen and oxygen atoms in total. The monoisotopic (exact) mass is 363 g/mol. The summed E-state index contributed by atoms with van der Waals surface area (Å²) in [5.74, 6) is 1.39. The molecule has 0 saturated carbocycles. The van der Waals surface area contributed by atoms with Crippen LogP contribution in [0.2, 0.25) is 0 Å². The van der Waals surface area contributed by atoms with Gasteiger partial charge < -0.3 is 5.32 Å². The van der Waals surface area contributed by atoms with Crippen molar-refractivity contribution < 1.29 is 4.79 Å². The van der Waals surface area contributed by atoms with E-state index in [4.69, 9.17) is 0 Å². The minimum atomic E-state index is 0.0465. The first kappa shape index (κ1) is 16.1. The van der Waals surface area contributed by atoms with Crippen LogP contribution >= 0.6 is 27.7 Å². The van der Waals surface area contributed by atoms with E-state index in [1.807, 2.05) is 49.4 Å². The minimum Gasteiger partial charge on any atom is -0.349 e. The van der Waals surface area contributed by atoms with E-state index >= 15 is 0 Å². The summed E-state index contributed by atoms with van der Waals surface area (Å²) in [7, 11) is 0. The lowest BCUT2D eigenvalue weighted by Crippen LogP contribution is -2.28. The Morgan fingerprint density at radius 1 is 1.19 bits per heavy atom. The van der Waals surface area contributed by atoms with Crippen molar-refractivity contribution in [3.05, 3.63) is 70.2 Å². The lowest BCUT2D eigenvalue weighted by Gasteiger charge is -2.14. The first-order valence-electron chi connectivity index (χ1n) is 6.81. The quantitative estimate of drug-likeness (QED) is 0.814. The molecule has 2 aromatic rings. The highest BCUT2D eigenvalue weighted by atomic mass is 79.9. The van der Waals surface area contributed by atoms with E-state index in [1.165, 1.54) is 5.56 Å². The van der Waals surface area contributed by atoms with Gasteiger partial charge in [0.1, 0.15) is 0 Å². The predicted octanol–water partition coefficient (Wildman–Crippen LogP) is 4.56. The highest BCUT2D eigenvalue weighted by Crippen LogP contribution is 2.17. The highest BCUT2D eigenvalue weighted by Gasteiger charge is 2.09. The van der Waals surface area contributed by atoms with Crippen LogP contribution < -0.4 is 5.32 Å². The molecule has 0 saturated heterocycles. The number of halogens is 1. The van der Waals surface area contributed by atoms with Crippen molar-refractivity contribution in [2.75, 3.05) is 5.75 Å². The molecule has 0 heterocycles. The summed E-state index contributed by atoms with van der Waals surface area (Å²) in [6, 6.07) is 18.2. The van der Waals surface area contributed by atoms with Crippen molar-refractivity contribution in [2.24, 2.45) is 0 Å². The average Bonchev–Trinajstić information content (AvgIpc) is 2.48. The molecular weight excluding hydrogens is 346 g/mol. The van der Waals surface area contributed by atoms with Gasteiger partial charge >= 0.3 is 0 Å². The van der Waals surface area contributed by atoms with Crippen molar-refractivity contribution in [3.8, 4) is 0 Å². The second kappa shape index (κ2) is 8.25. The van der Waals surface area contributed by atoms with Crippen molar-refractivity contribution >= 4 is 33.6 Å². The van der Waals surface area contributed by atoms with E-state index in [-0.39, 0.29) is 11.9 Å². The summed E-state index contributed by atoms with van der Waals surface area (Å²) in [6.07, 6.45) is 0. The molecule has 0 fully saturated rings. The Morgan fingerprint density at radius 2 is 1.95 bits per heavy atom. The Morgan fingerprint density at radius 3 is 2.67 bits per heavy atom. The van der Waals surface area contributed by atoms with E-state index < -0.39 is 0 Å². The Bertz CT molecular complexity index is 588. The molecule has 0 radical (unpaired) electrons. The fourth-order valence-electron chi connectivity index (χ4n) is 2.00. The average molecular weight is 364 g/mol. The topological polar surface area (TPSA) is 29.1 Å². The standard InChI is InChI=1S/C17H18BrNOS/c1-13(15-7-3-2-4-8-15)19-17(20)12-21-11-14-6-5-9-16(18)10-14/h2-10,13H,11-12H2,1H3,(H,19,20)/t13-/m0/s1. The number of carbonyl (C=O) groups is 1. The molecule has 0 aliphatic rings. The van der Waals surface area contributed by atoms with E-state index in [1.54, 1.807) is 11.8 Å². The van der Waals surface area contributed by atoms with Crippen LogP contribution in [0, 0.1) is 0 Å². The molecule has 1 atom stereocenters. The van der Waals surface area contributed by atoms with Gasteiger partial charge in [-0.05, 0) is 30.2 Å². The van der Waals surface area contributed by atoms with Crippen LogP contribution in [-0.2, 0) is 10.5 Å². The molecule has 0 aromatic heterocycles. The molecule has 2 rings (SSSR count). The van der Waals surface area contributed by atoms with E-state index in [9.17, 15) is 4.79 Å². The molecule has 2 aromatic carbocycles. The van der Waals surface area contributed by atoms with Crippen LogP contribution in [0.1, 0.15) is 24.1 Å².